The molecular formula is C25H25N3O4. The van der Waals surface area contributed by atoms with Crippen molar-refractivity contribution in [1.29, 1.82) is 0 Å². The van der Waals surface area contributed by atoms with Crippen molar-refractivity contribution in [1.82, 2.24) is 14.3 Å². The van der Waals surface area contributed by atoms with Gasteiger partial charge in [-0.15, -0.1) is 0 Å². The predicted molar refractivity (Wildman–Crippen MR) is 121 cm³/mol. The minimum absolute atomic E-state index is 0.613. The van der Waals surface area contributed by atoms with Crippen LogP contribution in [0.1, 0.15) is 36.4 Å². The first-order valence-electron chi connectivity index (χ1n) is 10.7. The van der Waals surface area contributed by atoms with Crippen LogP contribution in [0, 0.1) is 0 Å². The standard InChI is InChI=1S/C23H23N3.C2H2O4/c1-2-10-21(11-3-1)26-23-12-6-9-18(22(23)15-24-26)13-14-25-16-19-7-4-5-8-20(19)17-25;3-1(4)2(5)6/h1-5,7-8,10-11,15-18H,6,9,12-14H2;(H,3,4)(H,5,6). The minimum Gasteiger partial charge on any atom is -0.473 e. The Morgan fingerprint density at radius 3 is 2.19 bits per heavy atom. The van der Waals surface area contributed by atoms with E-state index in [1.165, 1.54) is 47.0 Å². The zero-order valence-electron chi connectivity index (χ0n) is 17.6. The molecule has 7 heteroatoms. The lowest BCUT2D eigenvalue weighted by molar-refractivity contribution is -0.159. The van der Waals surface area contributed by atoms with E-state index in [0.717, 1.165) is 13.0 Å². The third kappa shape index (κ3) is 4.72. The molecule has 2 aromatic carbocycles. The molecular weight excluding hydrogens is 406 g/mol. The zero-order valence-corrected chi connectivity index (χ0v) is 17.6. The van der Waals surface area contributed by atoms with Crippen LogP contribution in [0.25, 0.3) is 16.5 Å². The van der Waals surface area contributed by atoms with Gasteiger partial charge in [-0.3, -0.25) is 0 Å². The van der Waals surface area contributed by atoms with Gasteiger partial charge in [-0.1, -0.05) is 42.5 Å². The van der Waals surface area contributed by atoms with E-state index in [-0.39, 0.29) is 0 Å². The largest absolute Gasteiger partial charge is 0.473 e. The Labute approximate surface area is 185 Å². The van der Waals surface area contributed by atoms with E-state index >= 15 is 0 Å². The molecule has 0 amide bonds. The second-order valence-corrected chi connectivity index (χ2v) is 7.91. The molecule has 0 spiro atoms. The molecule has 1 atom stereocenters. The number of carboxylic acids is 2. The van der Waals surface area contributed by atoms with Gasteiger partial charge in [0, 0.05) is 24.6 Å². The van der Waals surface area contributed by atoms with Crippen LogP contribution in [0.3, 0.4) is 0 Å². The Balaban J connectivity index is 0.000000363. The van der Waals surface area contributed by atoms with Gasteiger partial charge in [-0.05, 0) is 60.1 Å². The van der Waals surface area contributed by atoms with Crippen LogP contribution in [0.4, 0.5) is 0 Å². The Morgan fingerprint density at radius 1 is 0.938 bits per heavy atom. The Kier molecular flexibility index (Phi) is 6.35. The number of benzene rings is 2. The van der Waals surface area contributed by atoms with Crippen molar-refractivity contribution in [3.63, 3.8) is 0 Å². The second kappa shape index (κ2) is 9.51. The van der Waals surface area contributed by atoms with Gasteiger partial charge in [0.05, 0.1) is 11.9 Å². The fraction of sp³-hybridized carbons (Fsp3) is 0.240. The highest BCUT2D eigenvalue weighted by molar-refractivity contribution is 6.27. The molecule has 5 rings (SSSR count). The molecule has 1 aliphatic carbocycles. The highest BCUT2D eigenvalue weighted by atomic mass is 16.4. The number of aromatic nitrogens is 3. The summed E-state index contributed by atoms with van der Waals surface area (Å²) in [5, 5.41) is 22.2. The normalized spacial score (nSPS) is 14.9. The summed E-state index contributed by atoms with van der Waals surface area (Å²) >= 11 is 0. The van der Waals surface area contributed by atoms with Crippen molar-refractivity contribution in [2.45, 2.75) is 38.1 Å². The number of para-hydroxylation sites is 1. The van der Waals surface area contributed by atoms with Gasteiger partial charge in [-0.25, -0.2) is 14.3 Å². The number of aliphatic carboxylic acids is 2. The van der Waals surface area contributed by atoms with Gasteiger partial charge >= 0.3 is 11.9 Å². The summed E-state index contributed by atoms with van der Waals surface area (Å²) < 4.78 is 4.49. The molecule has 2 N–H and O–H groups in total. The summed E-state index contributed by atoms with van der Waals surface area (Å²) in [7, 11) is 0. The molecule has 0 saturated carbocycles. The third-order valence-electron chi connectivity index (χ3n) is 5.83. The number of hydrogen-bond donors (Lipinski definition) is 2. The van der Waals surface area contributed by atoms with Crippen molar-refractivity contribution < 1.29 is 19.8 Å². The van der Waals surface area contributed by atoms with Crippen LogP contribution in [0.15, 0.2) is 73.2 Å². The van der Waals surface area contributed by atoms with Crippen LogP contribution < -0.4 is 0 Å². The lowest BCUT2D eigenvalue weighted by atomic mass is 9.85. The van der Waals surface area contributed by atoms with E-state index in [1.807, 2.05) is 0 Å². The molecule has 2 heterocycles. The summed E-state index contributed by atoms with van der Waals surface area (Å²) in [6.45, 7) is 1.06. The number of rotatable bonds is 4. The van der Waals surface area contributed by atoms with E-state index in [2.05, 4.69) is 82.4 Å². The molecule has 0 fully saturated rings. The first-order valence-corrected chi connectivity index (χ1v) is 10.7. The SMILES string of the molecule is O=C(O)C(=O)O.c1ccc(-n2ncc3c2CCCC3CCn2cc3ccccc3c2)cc1. The molecule has 2 aromatic heterocycles. The van der Waals surface area contributed by atoms with E-state index in [9.17, 15) is 0 Å². The zero-order chi connectivity index (χ0) is 22.5. The van der Waals surface area contributed by atoms with E-state index in [1.54, 1.807) is 0 Å². The van der Waals surface area contributed by atoms with E-state index < -0.39 is 11.9 Å². The van der Waals surface area contributed by atoms with Crippen molar-refractivity contribution in [2.24, 2.45) is 0 Å². The number of fused-ring (bicyclic) bond motifs is 2. The summed E-state index contributed by atoms with van der Waals surface area (Å²) in [5.41, 5.74) is 4.04. The second-order valence-electron chi connectivity index (χ2n) is 7.91. The van der Waals surface area contributed by atoms with Crippen LogP contribution in [-0.2, 0) is 22.6 Å². The number of aryl methyl sites for hydroxylation is 1. The summed E-state index contributed by atoms with van der Waals surface area (Å²) in [4.78, 5) is 18.2. The van der Waals surface area contributed by atoms with Crippen LogP contribution in [-0.4, -0.2) is 36.5 Å². The van der Waals surface area contributed by atoms with E-state index in [0.29, 0.717) is 5.92 Å². The first kappa shape index (κ1) is 21.4. The average molecular weight is 431 g/mol. The fourth-order valence-electron chi connectivity index (χ4n) is 4.32. The highest BCUT2D eigenvalue weighted by Crippen LogP contribution is 2.35. The summed E-state index contributed by atoms with van der Waals surface area (Å²) in [6.07, 6.45) is 11.5. The van der Waals surface area contributed by atoms with Crippen molar-refractivity contribution in [3.05, 3.63) is 84.4 Å². The molecule has 1 unspecified atom stereocenters. The highest BCUT2D eigenvalue weighted by Gasteiger charge is 2.24. The molecule has 0 bridgehead atoms. The monoisotopic (exact) mass is 431 g/mol. The smallest absolute Gasteiger partial charge is 0.414 e. The molecule has 0 aliphatic heterocycles. The molecule has 4 aromatic rings. The minimum atomic E-state index is -1.82. The molecule has 0 radical (unpaired) electrons. The maximum Gasteiger partial charge on any atom is 0.414 e. The number of carbonyl (C=O) groups is 2. The van der Waals surface area contributed by atoms with Crippen molar-refractivity contribution in [2.75, 3.05) is 0 Å². The molecule has 32 heavy (non-hydrogen) atoms. The van der Waals surface area contributed by atoms with Gasteiger partial charge in [-0.2, -0.15) is 5.10 Å². The number of hydrogen-bond acceptors (Lipinski definition) is 3. The average Bonchev–Trinajstić information content (AvgIpc) is 3.43. The van der Waals surface area contributed by atoms with Gasteiger partial charge in [0.15, 0.2) is 0 Å². The van der Waals surface area contributed by atoms with Crippen LogP contribution in [0.5, 0.6) is 0 Å². The summed E-state index contributed by atoms with van der Waals surface area (Å²) in [5.74, 6) is -3.04. The van der Waals surface area contributed by atoms with Crippen LogP contribution in [0.2, 0.25) is 0 Å². The maximum absolute atomic E-state index is 9.10. The number of carboxylic acid groups (broad SMARTS) is 2. The van der Waals surface area contributed by atoms with E-state index in [4.69, 9.17) is 24.9 Å². The molecule has 7 nitrogen and oxygen atoms in total. The van der Waals surface area contributed by atoms with Gasteiger partial charge in [0.25, 0.3) is 0 Å². The van der Waals surface area contributed by atoms with Crippen molar-refractivity contribution in [3.8, 4) is 5.69 Å². The topological polar surface area (TPSA) is 97.3 Å². The Bertz CT molecular complexity index is 1180. The summed E-state index contributed by atoms with van der Waals surface area (Å²) in [6, 6.07) is 19.1. The lowest BCUT2D eigenvalue weighted by Gasteiger charge is -2.23. The molecule has 1 aliphatic rings. The third-order valence-corrected chi connectivity index (χ3v) is 5.83. The Hall–Kier alpha value is -3.87. The fourth-order valence-corrected chi connectivity index (χ4v) is 4.32. The molecule has 0 saturated heterocycles. The Morgan fingerprint density at radius 2 is 1.56 bits per heavy atom. The van der Waals surface area contributed by atoms with Gasteiger partial charge < -0.3 is 14.8 Å². The number of nitrogens with zero attached hydrogens (tertiary/aromatic N) is 3. The lowest BCUT2D eigenvalue weighted by Crippen LogP contribution is -2.13. The van der Waals surface area contributed by atoms with Crippen LogP contribution >= 0.6 is 0 Å². The molecule has 164 valence electrons. The van der Waals surface area contributed by atoms with Crippen molar-refractivity contribution >= 4 is 22.7 Å². The maximum atomic E-state index is 9.10. The predicted octanol–water partition coefficient (Wildman–Crippen LogP) is 4.49. The first-order chi connectivity index (χ1) is 15.5. The quantitative estimate of drug-likeness (QED) is 0.464. The van der Waals surface area contributed by atoms with Gasteiger partial charge in [0.2, 0.25) is 0 Å². The van der Waals surface area contributed by atoms with Gasteiger partial charge in [0.1, 0.15) is 0 Å².